The van der Waals surface area contributed by atoms with E-state index in [4.69, 9.17) is 9.47 Å². The Hall–Kier alpha value is -0.900. The Morgan fingerprint density at radius 3 is 3.00 bits per heavy atom. The molecule has 1 saturated heterocycles. The lowest BCUT2D eigenvalue weighted by molar-refractivity contribution is -0.0707. The second-order valence-electron chi connectivity index (χ2n) is 5.36. The minimum Gasteiger partial charge on any atom is -0.378 e. The van der Waals surface area contributed by atoms with E-state index in [2.05, 4.69) is 36.5 Å². The normalized spacial score (nSPS) is 30.6. The zero-order valence-electron chi connectivity index (χ0n) is 10.9. The molecular weight excluding hydrogens is 226 g/mol. The molecule has 1 aliphatic carbocycles. The van der Waals surface area contributed by atoms with Crippen molar-refractivity contribution in [3.8, 4) is 0 Å². The first-order chi connectivity index (χ1) is 8.83. The summed E-state index contributed by atoms with van der Waals surface area (Å²) in [5.41, 5.74) is 2.95. The summed E-state index contributed by atoms with van der Waals surface area (Å²) in [5.74, 6) is 0.593. The Balaban J connectivity index is 1.41. The maximum absolute atomic E-state index is 5.82. The molecule has 3 heteroatoms. The number of hydrogen-bond donors (Lipinski definition) is 1. The third-order valence-electron chi connectivity index (χ3n) is 3.81. The van der Waals surface area contributed by atoms with E-state index in [0.29, 0.717) is 18.6 Å². The summed E-state index contributed by atoms with van der Waals surface area (Å²) in [4.78, 5) is 0. The third-order valence-corrected chi connectivity index (χ3v) is 3.81. The lowest BCUT2D eigenvalue weighted by Crippen LogP contribution is -2.45. The predicted molar refractivity (Wildman–Crippen MR) is 70.9 cm³/mol. The van der Waals surface area contributed by atoms with Crippen LogP contribution in [-0.4, -0.2) is 38.5 Å². The zero-order chi connectivity index (χ0) is 12.4. The Kier molecular flexibility index (Phi) is 3.64. The van der Waals surface area contributed by atoms with Gasteiger partial charge >= 0.3 is 0 Å². The van der Waals surface area contributed by atoms with Crippen LogP contribution >= 0.6 is 0 Å². The molecule has 18 heavy (non-hydrogen) atoms. The molecule has 3 unspecified atom stereocenters. The number of benzene rings is 1. The molecule has 98 valence electrons. The first-order valence-corrected chi connectivity index (χ1v) is 6.84. The molecule has 1 N–H and O–H groups in total. The Labute approximate surface area is 108 Å². The average molecular weight is 247 g/mol. The van der Waals surface area contributed by atoms with Crippen LogP contribution in [0.3, 0.4) is 0 Å². The average Bonchev–Trinajstić information content (AvgIpc) is 2.35. The van der Waals surface area contributed by atoms with Crippen LogP contribution in [0.15, 0.2) is 24.3 Å². The largest absolute Gasteiger partial charge is 0.378 e. The van der Waals surface area contributed by atoms with Crippen LogP contribution in [-0.2, 0) is 15.9 Å². The van der Waals surface area contributed by atoms with Gasteiger partial charge in [0.25, 0.3) is 0 Å². The number of hydrogen-bond acceptors (Lipinski definition) is 3. The SMILES string of the molecule is CC1CNCC(COCC2Cc3ccccc32)O1. The monoisotopic (exact) mass is 247 g/mol. The molecular formula is C15H21NO2. The van der Waals surface area contributed by atoms with Crippen LogP contribution in [0.2, 0.25) is 0 Å². The fourth-order valence-electron chi connectivity index (χ4n) is 2.82. The third kappa shape index (κ3) is 2.58. The topological polar surface area (TPSA) is 30.5 Å². The first-order valence-electron chi connectivity index (χ1n) is 6.84. The zero-order valence-corrected chi connectivity index (χ0v) is 10.9. The van der Waals surface area contributed by atoms with Gasteiger partial charge in [-0.1, -0.05) is 24.3 Å². The van der Waals surface area contributed by atoms with Crippen LogP contribution in [0.1, 0.15) is 24.0 Å². The predicted octanol–water partition coefficient (Wildman–Crippen LogP) is 1.72. The van der Waals surface area contributed by atoms with Gasteiger partial charge in [0, 0.05) is 19.0 Å². The van der Waals surface area contributed by atoms with Gasteiger partial charge in [-0.3, -0.25) is 0 Å². The van der Waals surface area contributed by atoms with Crippen molar-refractivity contribution in [3.05, 3.63) is 35.4 Å². The highest BCUT2D eigenvalue weighted by Crippen LogP contribution is 2.34. The molecule has 1 aromatic carbocycles. The van der Waals surface area contributed by atoms with Gasteiger partial charge in [-0.15, -0.1) is 0 Å². The maximum Gasteiger partial charge on any atom is 0.0936 e. The lowest BCUT2D eigenvalue weighted by Gasteiger charge is -2.32. The summed E-state index contributed by atoms with van der Waals surface area (Å²) >= 11 is 0. The van der Waals surface area contributed by atoms with Gasteiger partial charge in [-0.25, -0.2) is 0 Å². The highest BCUT2D eigenvalue weighted by molar-refractivity contribution is 5.39. The van der Waals surface area contributed by atoms with E-state index >= 15 is 0 Å². The number of ether oxygens (including phenoxy) is 2. The summed E-state index contributed by atoms with van der Waals surface area (Å²) in [6.45, 7) is 5.49. The molecule has 0 bridgehead atoms. The summed E-state index contributed by atoms with van der Waals surface area (Å²) < 4.78 is 11.6. The second-order valence-corrected chi connectivity index (χ2v) is 5.36. The number of fused-ring (bicyclic) bond motifs is 1. The minimum atomic E-state index is 0.212. The number of nitrogens with one attached hydrogen (secondary N) is 1. The molecule has 0 radical (unpaired) electrons. The van der Waals surface area contributed by atoms with Crippen LogP contribution in [0, 0.1) is 0 Å². The van der Waals surface area contributed by atoms with Crippen LogP contribution in [0.25, 0.3) is 0 Å². The second kappa shape index (κ2) is 5.39. The quantitative estimate of drug-likeness (QED) is 0.879. The summed E-state index contributed by atoms with van der Waals surface area (Å²) in [7, 11) is 0. The molecule has 1 aromatic rings. The molecule has 1 heterocycles. The van der Waals surface area contributed by atoms with Crippen molar-refractivity contribution in [1.29, 1.82) is 0 Å². The molecule has 3 atom stereocenters. The molecule has 2 aliphatic rings. The van der Waals surface area contributed by atoms with Gasteiger partial charge in [-0.2, -0.15) is 0 Å². The fraction of sp³-hybridized carbons (Fsp3) is 0.600. The van der Waals surface area contributed by atoms with Crippen LogP contribution in [0.4, 0.5) is 0 Å². The minimum absolute atomic E-state index is 0.212. The molecule has 3 rings (SSSR count). The summed E-state index contributed by atoms with van der Waals surface area (Å²) in [6, 6.07) is 8.65. The number of rotatable bonds is 4. The van der Waals surface area contributed by atoms with E-state index in [0.717, 1.165) is 26.1 Å². The van der Waals surface area contributed by atoms with Crippen LogP contribution in [0.5, 0.6) is 0 Å². The first kappa shape index (κ1) is 12.2. The van der Waals surface area contributed by atoms with E-state index in [1.807, 2.05) is 0 Å². The summed E-state index contributed by atoms with van der Waals surface area (Å²) in [5, 5.41) is 3.36. The molecule has 1 fully saturated rings. The molecule has 0 aromatic heterocycles. The van der Waals surface area contributed by atoms with E-state index in [-0.39, 0.29) is 6.10 Å². The van der Waals surface area contributed by atoms with E-state index in [9.17, 15) is 0 Å². The van der Waals surface area contributed by atoms with Gasteiger partial charge in [-0.05, 0) is 24.5 Å². The smallest absolute Gasteiger partial charge is 0.0936 e. The van der Waals surface area contributed by atoms with Crippen LogP contribution < -0.4 is 5.32 Å². The van der Waals surface area contributed by atoms with E-state index in [1.54, 1.807) is 0 Å². The highest BCUT2D eigenvalue weighted by Gasteiger charge is 2.26. The molecule has 3 nitrogen and oxygen atoms in total. The van der Waals surface area contributed by atoms with Gasteiger partial charge in [0.1, 0.15) is 0 Å². The Morgan fingerprint density at radius 1 is 1.28 bits per heavy atom. The van der Waals surface area contributed by atoms with Crippen molar-refractivity contribution in [1.82, 2.24) is 5.32 Å². The van der Waals surface area contributed by atoms with Crippen molar-refractivity contribution in [2.75, 3.05) is 26.3 Å². The van der Waals surface area contributed by atoms with E-state index in [1.165, 1.54) is 11.1 Å². The highest BCUT2D eigenvalue weighted by atomic mass is 16.5. The van der Waals surface area contributed by atoms with Gasteiger partial charge in [0.2, 0.25) is 0 Å². The standard InChI is InChI=1S/C15H21NO2/c1-11-7-16-8-14(18-11)10-17-9-13-6-12-4-2-3-5-15(12)13/h2-5,11,13-14,16H,6-10H2,1H3. The Morgan fingerprint density at radius 2 is 2.17 bits per heavy atom. The van der Waals surface area contributed by atoms with Crippen molar-refractivity contribution in [3.63, 3.8) is 0 Å². The molecule has 1 aliphatic heterocycles. The molecule has 0 amide bonds. The van der Waals surface area contributed by atoms with E-state index < -0.39 is 0 Å². The summed E-state index contributed by atoms with van der Waals surface area (Å²) in [6.07, 6.45) is 1.68. The van der Waals surface area contributed by atoms with Gasteiger partial charge < -0.3 is 14.8 Å². The lowest BCUT2D eigenvalue weighted by atomic mass is 9.78. The van der Waals surface area contributed by atoms with Crippen molar-refractivity contribution < 1.29 is 9.47 Å². The van der Waals surface area contributed by atoms with Crippen molar-refractivity contribution >= 4 is 0 Å². The van der Waals surface area contributed by atoms with Crippen molar-refractivity contribution in [2.24, 2.45) is 0 Å². The molecule has 0 spiro atoms. The van der Waals surface area contributed by atoms with Crippen molar-refractivity contribution in [2.45, 2.75) is 31.5 Å². The van der Waals surface area contributed by atoms with Gasteiger partial charge in [0.15, 0.2) is 0 Å². The molecule has 0 saturated carbocycles. The van der Waals surface area contributed by atoms with Gasteiger partial charge in [0.05, 0.1) is 25.4 Å². The Bertz CT molecular complexity index is 407. The fourth-order valence-corrected chi connectivity index (χ4v) is 2.82. The number of morpholine rings is 1. The maximum atomic E-state index is 5.82.